The molecule has 3 aromatic rings. The lowest BCUT2D eigenvalue weighted by Gasteiger charge is -2.14. The van der Waals surface area contributed by atoms with E-state index in [1.807, 2.05) is 37.3 Å². The molecule has 0 saturated carbocycles. The molecule has 0 bridgehead atoms. The first-order chi connectivity index (χ1) is 14.0. The van der Waals surface area contributed by atoms with Crippen LogP contribution in [0.3, 0.4) is 0 Å². The highest BCUT2D eigenvalue weighted by atomic mass is 16.2. The Kier molecular flexibility index (Phi) is 4.96. The largest absolute Gasteiger partial charge is 0.348 e. The maximum absolute atomic E-state index is 12.6. The molecule has 1 heterocycles. The van der Waals surface area contributed by atoms with Gasteiger partial charge >= 0.3 is 0 Å². The highest BCUT2D eigenvalue weighted by Gasteiger charge is 2.34. The van der Waals surface area contributed by atoms with E-state index in [0.29, 0.717) is 23.2 Å². The molecular formula is C24H20N2O3. The molecule has 0 radical (unpaired) electrons. The number of carbonyl (C=O) groups excluding carboxylic acids is 3. The van der Waals surface area contributed by atoms with Crippen molar-refractivity contribution >= 4 is 17.7 Å². The quantitative estimate of drug-likeness (QED) is 0.682. The van der Waals surface area contributed by atoms with Crippen LogP contribution < -0.4 is 5.32 Å². The minimum Gasteiger partial charge on any atom is -0.348 e. The molecule has 0 aliphatic carbocycles. The summed E-state index contributed by atoms with van der Waals surface area (Å²) in [5, 5.41) is 2.92. The van der Waals surface area contributed by atoms with Crippen LogP contribution in [-0.2, 0) is 13.1 Å². The normalized spacial score (nSPS) is 12.8. The van der Waals surface area contributed by atoms with Crippen molar-refractivity contribution < 1.29 is 14.4 Å². The third-order valence-corrected chi connectivity index (χ3v) is 5.11. The highest BCUT2D eigenvalue weighted by Crippen LogP contribution is 2.24. The highest BCUT2D eigenvalue weighted by molar-refractivity contribution is 6.21. The average molecular weight is 384 g/mol. The van der Waals surface area contributed by atoms with Crippen LogP contribution in [0.1, 0.15) is 47.8 Å². The number of fused-ring (bicyclic) bond motifs is 1. The van der Waals surface area contributed by atoms with Gasteiger partial charge in [0.1, 0.15) is 0 Å². The van der Waals surface area contributed by atoms with Gasteiger partial charge in [-0.15, -0.1) is 0 Å². The molecule has 0 unspecified atom stereocenters. The number of amides is 3. The van der Waals surface area contributed by atoms with Crippen molar-refractivity contribution in [3.8, 4) is 0 Å². The first-order valence-electron chi connectivity index (χ1n) is 9.41. The third-order valence-electron chi connectivity index (χ3n) is 5.11. The standard InChI is InChI=1S/C24H20N2O3/c1-16-7-2-3-9-19(16)14-25-22(27)18-10-6-8-17(13-18)15-26-23(28)20-11-4-5-12-21(20)24(26)29/h2-13H,14-15H2,1H3,(H,25,27). The summed E-state index contributed by atoms with van der Waals surface area (Å²) in [6.45, 7) is 2.57. The summed E-state index contributed by atoms with van der Waals surface area (Å²) >= 11 is 0. The number of imide groups is 1. The number of aryl methyl sites for hydroxylation is 1. The van der Waals surface area contributed by atoms with Crippen LogP contribution in [0.5, 0.6) is 0 Å². The van der Waals surface area contributed by atoms with Crippen LogP contribution in [-0.4, -0.2) is 22.6 Å². The number of nitrogens with one attached hydrogen (secondary N) is 1. The SMILES string of the molecule is Cc1ccccc1CNC(=O)c1cccc(CN2C(=O)c3ccccc3C2=O)c1. The summed E-state index contributed by atoms with van der Waals surface area (Å²) in [5.41, 5.74) is 4.24. The van der Waals surface area contributed by atoms with Crippen molar-refractivity contribution in [2.75, 3.05) is 0 Å². The molecule has 4 rings (SSSR count). The second-order valence-corrected chi connectivity index (χ2v) is 7.05. The molecule has 0 aromatic heterocycles. The van der Waals surface area contributed by atoms with Gasteiger partial charge in [-0.05, 0) is 47.9 Å². The van der Waals surface area contributed by atoms with Gasteiger partial charge in [-0.25, -0.2) is 0 Å². The van der Waals surface area contributed by atoms with Crippen LogP contribution >= 0.6 is 0 Å². The van der Waals surface area contributed by atoms with Crippen LogP contribution in [0.2, 0.25) is 0 Å². The van der Waals surface area contributed by atoms with Gasteiger partial charge in [0.05, 0.1) is 17.7 Å². The van der Waals surface area contributed by atoms with Gasteiger partial charge in [0.2, 0.25) is 0 Å². The number of hydrogen-bond donors (Lipinski definition) is 1. The first-order valence-corrected chi connectivity index (χ1v) is 9.41. The van der Waals surface area contributed by atoms with Crippen LogP contribution in [0.15, 0.2) is 72.8 Å². The van der Waals surface area contributed by atoms with Crippen LogP contribution in [0, 0.1) is 6.92 Å². The van der Waals surface area contributed by atoms with Gasteiger partial charge in [-0.2, -0.15) is 0 Å². The third kappa shape index (κ3) is 3.67. The zero-order valence-corrected chi connectivity index (χ0v) is 16.0. The Morgan fingerprint density at radius 1 is 0.862 bits per heavy atom. The fourth-order valence-corrected chi connectivity index (χ4v) is 3.46. The summed E-state index contributed by atoms with van der Waals surface area (Å²) in [5.74, 6) is -0.808. The Morgan fingerprint density at radius 2 is 1.52 bits per heavy atom. The van der Waals surface area contributed by atoms with Crippen molar-refractivity contribution in [3.63, 3.8) is 0 Å². The van der Waals surface area contributed by atoms with Gasteiger partial charge in [0.25, 0.3) is 17.7 Å². The molecule has 5 nitrogen and oxygen atoms in total. The molecule has 5 heteroatoms. The Hall–Kier alpha value is -3.73. The second kappa shape index (κ2) is 7.72. The molecule has 1 aliphatic rings. The summed E-state index contributed by atoms with van der Waals surface area (Å²) in [4.78, 5) is 38.9. The summed E-state index contributed by atoms with van der Waals surface area (Å²) < 4.78 is 0. The lowest BCUT2D eigenvalue weighted by molar-refractivity contribution is 0.0642. The van der Waals surface area contributed by atoms with Gasteiger partial charge in [-0.1, -0.05) is 48.5 Å². The maximum atomic E-state index is 12.6. The minimum atomic E-state index is -0.306. The topological polar surface area (TPSA) is 66.5 Å². The first kappa shape index (κ1) is 18.6. The van der Waals surface area contributed by atoms with Gasteiger partial charge in [0, 0.05) is 12.1 Å². The summed E-state index contributed by atoms with van der Waals surface area (Å²) in [6, 6.07) is 21.7. The molecular weight excluding hydrogens is 364 g/mol. The number of hydrogen-bond acceptors (Lipinski definition) is 3. The molecule has 1 N–H and O–H groups in total. The number of nitrogens with zero attached hydrogens (tertiary/aromatic N) is 1. The smallest absolute Gasteiger partial charge is 0.261 e. The molecule has 0 saturated heterocycles. The van der Waals surface area contributed by atoms with E-state index in [0.717, 1.165) is 16.7 Å². The van der Waals surface area contributed by atoms with E-state index in [1.54, 1.807) is 42.5 Å². The summed E-state index contributed by atoms with van der Waals surface area (Å²) in [6.07, 6.45) is 0. The van der Waals surface area contributed by atoms with E-state index in [9.17, 15) is 14.4 Å². The molecule has 3 aromatic carbocycles. The summed E-state index contributed by atoms with van der Waals surface area (Å²) in [7, 11) is 0. The van der Waals surface area contributed by atoms with Crippen molar-refractivity contribution in [1.82, 2.24) is 10.2 Å². The van der Waals surface area contributed by atoms with E-state index in [1.165, 1.54) is 4.90 Å². The van der Waals surface area contributed by atoms with Crippen molar-refractivity contribution in [2.24, 2.45) is 0 Å². The van der Waals surface area contributed by atoms with Crippen LogP contribution in [0.4, 0.5) is 0 Å². The number of carbonyl (C=O) groups is 3. The number of rotatable bonds is 5. The maximum Gasteiger partial charge on any atom is 0.261 e. The minimum absolute atomic E-state index is 0.130. The Morgan fingerprint density at radius 3 is 2.21 bits per heavy atom. The van der Waals surface area contributed by atoms with Gasteiger partial charge < -0.3 is 5.32 Å². The molecule has 29 heavy (non-hydrogen) atoms. The van der Waals surface area contributed by atoms with Crippen molar-refractivity contribution in [1.29, 1.82) is 0 Å². The lowest BCUT2D eigenvalue weighted by atomic mass is 10.1. The van der Waals surface area contributed by atoms with Crippen molar-refractivity contribution in [2.45, 2.75) is 20.0 Å². The number of benzene rings is 3. The zero-order chi connectivity index (χ0) is 20.4. The second-order valence-electron chi connectivity index (χ2n) is 7.05. The lowest BCUT2D eigenvalue weighted by Crippen LogP contribution is -2.29. The fraction of sp³-hybridized carbons (Fsp3) is 0.125. The van der Waals surface area contributed by atoms with Crippen LogP contribution in [0.25, 0.3) is 0 Å². The Balaban J connectivity index is 1.47. The monoisotopic (exact) mass is 384 g/mol. The molecule has 144 valence electrons. The van der Waals surface area contributed by atoms with E-state index >= 15 is 0 Å². The van der Waals surface area contributed by atoms with E-state index in [4.69, 9.17) is 0 Å². The molecule has 0 spiro atoms. The Bertz CT molecular complexity index is 1090. The van der Waals surface area contributed by atoms with E-state index in [-0.39, 0.29) is 24.3 Å². The van der Waals surface area contributed by atoms with E-state index < -0.39 is 0 Å². The molecule has 0 fully saturated rings. The molecule has 1 aliphatic heterocycles. The molecule has 3 amide bonds. The predicted molar refractivity (Wildman–Crippen MR) is 109 cm³/mol. The Labute approximate surface area is 169 Å². The van der Waals surface area contributed by atoms with Crippen molar-refractivity contribution in [3.05, 3.63) is 106 Å². The zero-order valence-electron chi connectivity index (χ0n) is 16.0. The van der Waals surface area contributed by atoms with Gasteiger partial charge in [0.15, 0.2) is 0 Å². The van der Waals surface area contributed by atoms with E-state index in [2.05, 4.69) is 5.32 Å². The predicted octanol–water partition coefficient (Wildman–Crippen LogP) is 3.72. The average Bonchev–Trinajstić information content (AvgIpc) is 2.98. The van der Waals surface area contributed by atoms with Gasteiger partial charge in [-0.3, -0.25) is 19.3 Å². The fourth-order valence-electron chi connectivity index (χ4n) is 3.46. The molecule has 0 atom stereocenters.